The fourth-order valence-corrected chi connectivity index (χ4v) is 3.42. The van der Waals surface area contributed by atoms with Gasteiger partial charge in [0.1, 0.15) is 0 Å². The van der Waals surface area contributed by atoms with E-state index in [0.29, 0.717) is 12.1 Å². The highest BCUT2D eigenvalue weighted by molar-refractivity contribution is 7.99. The molecule has 0 fully saturated rings. The first-order valence-corrected chi connectivity index (χ1v) is 8.93. The Morgan fingerprint density at radius 1 is 1.04 bits per heavy atom. The van der Waals surface area contributed by atoms with Crippen molar-refractivity contribution in [1.29, 1.82) is 0 Å². The number of likely N-dealkylation sites (N-methyl/N-ethyl adjacent to an activating group) is 2. The lowest BCUT2D eigenvalue weighted by Crippen LogP contribution is -2.33. The average Bonchev–Trinajstić information content (AvgIpc) is 3.07. The van der Waals surface area contributed by atoms with Crippen molar-refractivity contribution in [3.63, 3.8) is 0 Å². The van der Waals surface area contributed by atoms with E-state index in [9.17, 15) is 4.79 Å². The topological polar surface area (TPSA) is 42.0 Å². The molecular weight excluding hydrogens is 336 g/mol. The summed E-state index contributed by atoms with van der Waals surface area (Å²) in [5, 5.41) is 0. The van der Waals surface area contributed by atoms with Gasteiger partial charge in [0.15, 0.2) is 11.5 Å². The fraction of sp³-hybridized carbons (Fsp3) is 0.316. The van der Waals surface area contributed by atoms with Crippen LogP contribution >= 0.6 is 11.8 Å². The number of hydrogen-bond donors (Lipinski definition) is 0. The van der Waals surface area contributed by atoms with Crippen molar-refractivity contribution < 1.29 is 14.3 Å². The number of rotatable bonds is 6. The molecule has 0 spiro atoms. The predicted octanol–water partition coefficient (Wildman–Crippen LogP) is 3.20. The molecule has 3 rings (SSSR count). The van der Waals surface area contributed by atoms with E-state index < -0.39 is 0 Å². The van der Waals surface area contributed by atoms with E-state index in [1.54, 1.807) is 16.7 Å². The maximum absolute atomic E-state index is 12.8. The molecule has 2 aromatic rings. The summed E-state index contributed by atoms with van der Waals surface area (Å²) in [6.07, 6.45) is 0. The first-order chi connectivity index (χ1) is 12.0. The second kappa shape index (κ2) is 7.80. The monoisotopic (exact) mass is 358 g/mol. The molecule has 0 aliphatic carbocycles. The van der Waals surface area contributed by atoms with Gasteiger partial charge in [-0.2, -0.15) is 0 Å². The van der Waals surface area contributed by atoms with Gasteiger partial charge in [0.2, 0.25) is 6.79 Å². The van der Waals surface area contributed by atoms with Gasteiger partial charge in [0, 0.05) is 29.9 Å². The van der Waals surface area contributed by atoms with E-state index in [2.05, 4.69) is 4.90 Å². The van der Waals surface area contributed by atoms with Crippen molar-refractivity contribution in [3.8, 4) is 11.5 Å². The molecule has 0 saturated carbocycles. The first kappa shape index (κ1) is 17.6. The lowest BCUT2D eigenvalue weighted by molar-refractivity contribution is 0.0783. The van der Waals surface area contributed by atoms with Gasteiger partial charge in [-0.15, -0.1) is 0 Å². The van der Waals surface area contributed by atoms with Crippen LogP contribution in [0.3, 0.4) is 0 Å². The van der Waals surface area contributed by atoms with Gasteiger partial charge in [-0.05, 0) is 44.4 Å². The van der Waals surface area contributed by atoms with Gasteiger partial charge in [-0.3, -0.25) is 4.79 Å². The van der Waals surface area contributed by atoms with Crippen LogP contribution in [0.2, 0.25) is 0 Å². The molecule has 1 amide bonds. The number of amides is 1. The van der Waals surface area contributed by atoms with Gasteiger partial charge in [-0.25, -0.2) is 0 Å². The normalized spacial score (nSPS) is 12.5. The average molecular weight is 358 g/mol. The third-order valence-corrected chi connectivity index (χ3v) is 4.98. The van der Waals surface area contributed by atoms with Crippen LogP contribution in [0, 0.1) is 0 Å². The maximum atomic E-state index is 12.8. The highest BCUT2D eigenvalue weighted by atomic mass is 32.2. The minimum Gasteiger partial charge on any atom is -0.454 e. The summed E-state index contributed by atoms with van der Waals surface area (Å²) in [6, 6.07) is 13.5. The zero-order valence-electron chi connectivity index (χ0n) is 14.7. The van der Waals surface area contributed by atoms with Crippen LogP contribution < -0.4 is 9.47 Å². The van der Waals surface area contributed by atoms with Crippen LogP contribution in [0.4, 0.5) is 0 Å². The molecule has 1 heterocycles. The highest BCUT2D eigenvalue weighted by Crippen LogP contribution is 2.38. The van der Waals surface area contributed by atoms with Crippen molar-refractivity contribution in [3.05, 3.63) is 48.0 Å². The van der Waals surface area contributed by atoms with E-state index >= 15 is 0 Å². The van der Waals surface area contributed by atoms with Gasteiger partial charge < -0.3 is 19.3 Å². The predicted molar refractivity (Wildman–Crippen MR) is 98.6 cm³/mol. The zero-order chi connectivity index (χ0) is 17.8. The van der Waals surface area contributed by atoms with Crippen LogP contribution in [0.25, 0.3) is 0 Å². The maximum Gasteiger partial charge on any atom is 0.254 e. The highest BCUT2D eigenvalue weighted by Gasteiger charge is 2.18. The Morgan fingerprint density at radius 2 is 1.80 bits per heavy atom. The molecule has 0 bridgehead atoms. The van der Waals surface area contributed by atoms with Crippen molar-refractivity contribution in [1.82, 2.24) is 9.80 Å². The number of nitrogens with zero attached hydrogens (tertiary/aromatic N) is 2. The van der Waals surface area contributed by atoms with E-state index in [1.807, 2.05) is 63.6 Å². The fourth-order valence-electron chi connectivity index (χ4n) is 2.46. The summed E-state index contributed by atoms with van der Waals surface area (Å²) < 4.78 is 10.8. The van der Waals surface area contributed by atoms with E-state index in [0.717, 1.165) is 27.8 Å². The smallest absolute Gasteiger partial charge is 0.254 e. The second-order valence-corrected chi connectivity index (χ2v) is 7.26. The van der Waals surface area contributed by atoms with E-state index in [4.69, 9.17) is 9.47 Å². The molecule has 1 aliphatic rings. The second-order valence-electron chi connectivity index (χ2n) is 6.14. The third kappa shape index (κ3) is 4.27. The van der Waals surface area contributed by atoms with E-state index in [1.165, 1.54) is 0 Å². The number of carbonyl (C=O) groups is 1. The van der Waals surface area contributed by atoms with Crippen LogP contribution in [0.15, 0.2) is 52.3 Å². The Balaban J connectivity index is 1.77. The molecule has 0 atom stereocenters. The zero-order valence-corrected chi connectivity index (χ0v) is 15.5. The van der Waals surface area contributed by atoms with Crippen LogP contribution in [-0.4, -0.2) is 56.7 Å². The molecule has 25 heavy (non-hydrogen) atoms. The van der Waals surface area contributed by atoms with Gasteiger partial charge in [0.05, 0.1) is 5.56 Å². The molecule has 0 radical (unpaired) electrons. The minimum atomic E-state index is 0.0330. The van der Waals surface area contributed by atoms with Crippen molar-refractivity contribution in [2.75, 3.05) is 41.0 Å². The van der Waals surface area contributed by atoms with Crippen LogP contribution in [0.1, 0.15) is 10.4 Å². The number of ether oxygens (including phenoxy) is 2. The molecule has 0 aromatic heterocycles. The summed E-state index contributed by atoms with van der Waals surface area (Å²) in [4.78, 5) is 18.6. The molecule has 0 N–H and O–H groups in total. The largest absolute Gasteiger partial charge is 0.454 e. The summed E-state index contributed by atoms with van der Waals surface area (Å²) in [6.45, 7) is 1.78. The standard InChI is InChI=1S/C19H22N2O3S/c1-20(2)10-11-21(3)19(22)15-6-4-5-7-18(15)25-14-8-9-16-17(12-14)24-13-23-16/h4-9,12H,10-11,13H2,1-3H3. The molecular formula is C19H22N2O3S. The third-order valence-electron chi connectivity index (χ3n) is 3.92. The molecule has 0 unspecified atom stereocenters. The van der Waals surface area contributed by atoms with E-state index in [-0.39, 0.29) is 12.7 Å². The Bertz CT molecular complexity index is 764. The Labute approximate surface area is 152 Å². The minimum absolute atomic E-state index is 0.0330. The summed E-state index contributed by atoms with van der Waals surface area (Å²) in [5.74, 6) is 1.54. The summed E-state index contributed by atoms with van der Waals surface area (Å²) in [5.41, 5.74) is 0.714. The Hall–Kier alpha value is -2.18. The molecule has 5 nitrogen and oxygen atoms in total. The molecule has 2 aromatic carbocycles. The van der Waals surface area contributed by atoms with Crippen LogP contribution in [0.5, 0.6) is 11.5 Å². The van der Waals surface area contributed by atoms with Gasteiger partial charge >= 0.3 is 0 Å². The van der Waals surface area contributed by atoms with Gasteiger partial charge in [0.25, 0.3) is 5.91 Å². The molecule has 6 heteroatoms. The van der Waals surface area contributed by atoms with Gasteiger partial charge in [-0.1, -0.05) is 23.9 Å². The van der Waals surface area contributed by atoms with Crippen LogP contribution in [-0.2, 0) is 0 Å². The lowest BCUT2D eigenvalue weighted by atomic mass is 10.2. The number of benzene rings is 2. The SMILES string of the molecule is CN(C)CCN(C)C(=O)c1ccccc1Sc1ccc2c(c1)OCO2. The summed E-state index contributed by atoms with van der Waals surface area (Å²) >= 11 is 1.56. The van der Waals surface area contributed by atoms with Crippen molar-refractivity contribution >= 4 is 17.7 Å². The first-order valence-electron chi connectivity index (χ1n) is 8.11. The molecule has 132 valence electrons. The number of carbonyl (C=O) groups excluding carboxylic acids is 1. The number of fused-ring (bicyclic) bond motifs is 1. The van der Waals surface area contributed by atoms with Crippen molar-refractivity contribution in [2.45, 2.75) is 9.79 Å². The quantitative estimate of drug-likeness (QED) is 0.793. The number of hydrogen-bond acceptors (Lipinski definition) is 5. The van der Waals surface area contributed by atoms with Crippen molar-refractivity contribution in [2.24, 2.45) is 0 Å². The summed E-state index contributed by atoms with van der Waals surface area (Å²) in [7, 11) is 5.84. The Kier molecular flexibility index (Phi) is 5.50. The Morgan fingerprint density at radius 3 is 2.60 bits per heavy atom. The molecule has 1 aliphatic heterocycles. The molecule has 0 saturated heterocycles. The lowest BCUT2D eigenvalue weighted by Gasteiger charge is -2.21.